The number of benzene rings is 1. The molecule has 1 saturated heterocycles. The molecule has 3 aromatic rings. The minimum Gasteiger partial charge on any atom is -0.344 e. The molecule has 0 amide bonds. The van der Waals surface area contributed by atoms with E-state index in [2.05, 4.69) is 65.7 Å². The molecule has 0 spiro atoms. The summed E-state index contributed by atoms with van der Waals surface area (Å²) in [5.41, 5.74) is 8.45. The fraction of sp³-hybridized carbons (Fsp3) is 0.435. The molecule has 134 valence electrons. The first-order valence-corrected chi connectivity index (χ1v) is 9.86. The van der Waals surface area contributed by atoms with E-state index in [-0.39, 0.29) is 0 Å². The van der Waals surface area contributed by atoms with E-state index in [0.29, 0.717) is 6.04 Å². The van der Waals surface area contributed by atoms with Crippen molar-refractivity contribution in [3.8, 4) is 0 Å². The smallest absolute Gasteiger partial charge is 0.0486 e. The van der Waals surface area contributed by atoms with Crippen molar-refractivity contribution in [2.45, 2.75) is 51.6 Å². The van der Waals surface area contributed by atoms with Gasteiger partial charge in [0.05, 0.1) is 0 Å². The minimum absolute atomic E-state index is 0.607. The second kappa shape index (κ2) is 5.95. The van der Waals surface area contributed by atoms with Gasteiger partial charge in [0.15, 0.2) is 0 Å². The minimum atomic E-state index is 0.607. The first kappa shape index (κ1) is 16.1. The van der Waals surface area contributed by atoms with Crippen LogP contribution >= 0.6 is 0 Å². The first-order chi connectivity index (χ1) is 12.6. The summed E-state index contributed by atoms with van der Waals surface area (Å²) < 4.78 is 2.63. The Balaban J connectivity index is 1.60. The number of hydrogen-bond acceptors (Lipinski definition) is 2. The van der Waals surface area contributed by atoms with Gasteiger partial charge >= 0.3 is 0 Å². The van der Waals surface area contributed by atoms with Crippen molar-refractivity contribution < 1.29 is 0 Å². The maximum Gasteiger partial charge on any atom is 0.0486 e. The number of nitrogens with zero attached hydrogens (tertiary/aromatic N) is 3. The molecule has 0 radical (unpaired) electrons. The zero-order valence-corrected chi connectivity index (χ0v) is 16.0. The van der Waals surface area contributed by atoms with Gasteiger partial charge in [-0.2, -0.15) is 0 Å². The quantitative estimate of drug-likeness (QED) is 0.682. The van der Waals surface area contributed by atoms with Crippen LogP contribution in [0.2, 0.25) is 0 Å². The van der Waals surface area contributed by atoms with Crippen LogP contribution in [0.25, 0.3) is 10.9 Å². The highest BCUT2D eigenvalue weighted by atomic mass is 15.2. The van der Waals surface area contributed by atoms with Gasteiger partial charge in [0.1, 0.15) is 0 Å². The molecule has 3 nitrogen and oxygen atoms in total. The molecule has 1 aromatic carbocycles. The molecule has 1 fully saturated rings. The molecule has 5 rings (SSSR count). The molecule has 2 atom stereocenters. The van der Waals surface area contributed by atoms with Gasteiger partial charge in [-0.05, 0) is 76.0 Å². The molecule has 3 heteroatoms. The van der Waals surface area contributed by atoms with E-state index < -0.39 is 0 Å². The van der Waals surface area contributed by atoms with Crippen LogP contribution < -0.4 is 0 Å². The lowest BCUT2D eigenvalue weighted by Crippen LogP contribution is -2.28. The van der Waals surface area contributed by atoms with Crippen LogP contribution in [0, 0.1) is 13.8 Å². The lowest BCUT2D eigenvalue weighted by molar-refractivity contribution is 0.191. The van der Waals surface area contributed by atoms with Crippen LogP contribution in [0.1, 0.15) is 52.9 Å². The number of piperidine rings is 1. The lowest BCUT2D eigenvalue weighted by atomic mass is 9.97. The Morgan fingerprint density at radius 1 is 1.15 bits per heavy atom. The average molecular weight is 345 g/mol. The molecular weight excluding hydrogens is 318 g/mol. The van der Waals surface area contributed by atoms with Gasteiger partial charge < -0.3 is 4.57 Å². The number of rotatable bonds is 3. The van der Waals surface area contributed by atoms with Crippen LogP contribution in [0.4, 0.5) is 0 Å². The van der Waals surface area contributed by atoms with Crippen LogP contribution in [0.15, 0.2) is 36.5 Å². The van der Waals surface area contributed by atoms with E-state index in [4.69, 9.17) is 0 Å². The lowest BCUT2D eigenvalue weighted by Gasteiger charge is -2.30. The molecule has 2 aliphatic rings. The third-order valence-electron chi connectivity index (χ3n) is 6.49. The van der Waals surface area contributed by atoms with Gasteiger partial charge in [-0.1, -0.05) is 17.7 Å². The molecule has 2 aromatic heterocycles. The predicted molar refractivity (Wildman–Crippen MR) is 107 cm³/mol. The SMILES string of the molecule is Cc1ccc2c(c1)c1c(n2CCc2ccc(C)nc2)C2CCN(C)C1C2. The van der Waals surface area contributed by atoms with Crippen molar-refractivity contribution >= 4 is 10.9 Å². The summed E-state index contributed by atoms with van der Waals surface area (Å²) in [6.45, 7) is 6.53. The van der Waals surface area contributed by atoms with Crippen LogP contribution in [0.3, 0.4) is 0 Å². The molecule has 3 heterocycles. The van der Waals surface area contributed by atoms with Gasteiger partial charge in [-0.15, -0.1) is 0 Å². The van der Waals surface area contributed by atoms with Crippen molar-refractivity contribution in [3.63, 3.8) is 0 Å². The molecular formula is C23H27N3. The molecule has 2 unspecified atom stereocenters. The van der Waals surface area contributed by atoms with Crippen molar-refractivity contribution in [1.29, 1.82) is 0 Å². The Morgan fingerprint density at radius 2 is 2.04 bits per heavy atom. The standard InChI is InChI=1S/C23H27N3/c1-15-4-7-20-19(12-15)22-21-13-18(9-10-25(21)3)23(22)26(20)11-8-17-6-5-16(2)24-14-17/h4-7,12,14,18,21H,8-11,13H2,1-3H3. The first-order valence-electron chi connectivity index (χ1n) is 9.86. The van der Waals surface area contributed by atoms with Crippen LogP contribution in [0.5, 0.6) is 0 Å². The largest absolute Gasteiger partial charge is 0.344 e. The summed E-state index contributed by atoms with van der Waals surface area (Å²) in [4.78, 5) is 7.04. The number of aryl methyl sites for hydroxylation is 4. The number of likely N-dealkylation sites (tertiary alicyclic amines) is 1. The number of hydrogen-bond donors (Lipinski definition) is 0. The van der Waals surface area contributed by atoms with Gasteiger partial charge in [-0.25, -0.2) is 0 Å². The highest BCUT2D eigenvalue weighted by Crippen LogP contribution is 2.52. The topological polar surface area (TPSA) is 21.1 Å². The summed E-state index contributed by atoms with van der Waals surface area (Å²) in [6.07, 6.45) is 5.68. The van der Waals surface area contributed by atoms with E-state index in [1.54, 1.807) is 11.3 Å². The average Bonchev–Trinajstić information content (AvgIpc) is 3.12. The van der Waals surface area contributed by atoms with Crippen LogP contribution in [-0.4, -0.2) is 28.0 Å². The van der Waals surface area contributed by atoms with Gasteiger partial charge in [0, 0.05) is 47.0 Å². The maximum atomic E-state index is 4.47. The van der Waals surface area contributed by atoms with Crippen molar-refractivity contribution in [2.24, 2.45) is 0 Å². The van der Waals surface area contributed by atoms with E-state index >= 15 is 0 Å². The zero-order valence-electron chi connectivity index (χ0n) is 16.0. The van der Waals surface area contributed by atoms with Crippen molar-refractivity contribution in [2.75, 3.05) is 13.6 Å². The third-order valence-corrected chi connectivity index (χ3v) is 6.49. The summed E-state index contributed by atoms with van der Waals surface area (Å²) in [6, 6.07) is 12.0. The fourth-order valence-corrected chi connectivity index (χ4v) is 5.10. The number of fused-ring (bicyclic) bond motifs is 7. The molecule has 0 saturated carbocycles. The Hall–Kier alpha value is -2.13. The summed E-state index contributed by atoms with van der Waals surface area (Å²) in [5.74, 6) is 0.732. The maximum absolute atomic E-state index is 4.47. The highest BCUT2D eigenvalue weighted by molar-refractivity contribution is 5.88. The third kappa shape index (κ3) is 2.41. The molecule has 1 aliphatic heterocycles. The van der Waals surface area contributed by atoms with E-state index in [9.17, 15) is 0 Å². The van der Waals surface area contributed by atoms with Gasteiger partial charge in [0.2, 0.25) is 0 Å². The zero-order chi connectivity index (χ0) is 17.8. The monoisotopic (exact) mass is 345 g/mol. The molecule has 1 aliphatic carbocycles. The summed E-state index contributed by atoms with van der Waals surface area (Å²) in [5, 5.41) is 1.49. The number of pyridine rings is 1. The van der Waals surface area contributed by atoms with E-state index in [1.165, 1.54) is 41.4 Å². The Bertz CT molecular complexity index is 967. The fourth-order valence-electron chi connectivity index (χ4n) is 5.10. The Kier molecular flexibility index (Phi) is 3.68. The van der Waals surface area contributed by atoms with Gasteiger partial charge in [-0.3, -0.25) is 9.88 Å². The Morgan fingerprint density at radius 3 is 2.85 bits per heavy atom. The molecule has 26 heavy (non-hydrogen) atoms. The normalized spacial score (nSPS) is 22.1. The summed E-state index contributed by atoms with van der Waals surface area (Å²) in [7, 11) is 2.30. The number of aromatic nitrogens is 2. The van der Waals surface area contributed by atoms with Gasteiger partial charge in [0.25, 0.3) is 0 Å². The highest BCUT2D eigenvalue weighted by Gasteiger charge is 2.41. The summed E-state index contributed by atoms with van der Waals surface area (Å²) >= 11 is 0. The predicted octanol–water partition coefficient (Wildman–Crippen LogP) is 4.76. The second-order valence-corrected chi connectivity index (χ2v) is 8.25. The molecule has 0 N–H and O–H groups in total. The Labute approximate surface area is 155 Å². The second-order valence-electron chi connectivity index (χ2n) is 8.25. The van der Waals surface area contributed by atoms with E-state index in [1.807, 2.05) is 6.20 Å². The van der Waals surface area contributed by atoms with Crippen LogP contribution in [-0.2, 0) is 13.0 Å². The van der Waals surface area contributed by atoms with Crippen molar-refractivity contribution in [1.82, 2.24) is 14.5 Å². The van der Waals surface area contributed by atoms with E-state index in [0.717, 1.165) is 24.6 Å². The molecule has 2 bridgehead atoms. The van der Waals surface area contributed by atoms with Crippen molar-refractivity contribution in [3.05, 3.63) is 64.6 Å².